The van der Waals surface area contributed by atoms with E-state index in [0.717, 1.165) is 31.6 Å². The van der Waals surface area contributed by atoms with E-state index in [1.165, 1.54) is 15.4 Å². The molecule has 1 atom stereocenters. The summed E-state index contributed by atoms with van der Waals surface area (Å²) in [6.07, 6.45) is 7.40. The van der Waals surface area contributed by atoms with E-state index in [0.29, 0.717) is 29.2 Å². The summed E-state index contributed by atoms with van der Waals surface area (Å²) in [5.74, 6) is -0.334. The molecule has 1 heterocycles. The minimum absolute atomic E-state index is 0.312. The third-order valence-electron chi connectivity index (χ3n) is 6.25. The molecule has 34 heavy (non-hydrogen) atoms. The first-order valence-corrected chi connectivity index (χ1v) is 13.1. The Balaban J connectivity index is 1.40. The fourth-order valence-electron chi connectivity index (χ4n) is 4.30. The summed E-state index contributed by atoms with van der Waals surface area (Å²) in [6.45, 7) is 7.44. The molecule has 1 amide bonds. The topological polar surface area (TPSA) is 73.2 Å². The largest absolute Gasteiger partial charge is 0.302 e. The van der Waals surface area contributed by atoms with Crippen molar-refractivity contribution in [2.75, 3.05) is 19.6 Å². The van der Waals surface area contributed by atoms with Gasteiger partial charge in [0.05, 0.1) is 10.6 Å². The van der Waals surface area contributed by atoms with Crippen LogP contribution >= 0.6 is 0 Å². The first kappa shape index (κ1) is 24.3. The monoisotopic (exact) mass is 477 g/mol. The van der Waals surface area contributed by atoms with Crippen molar-refractivity contribution >= 4 is 26.5 Å². The highest BCUT2D eigenvalue weighted by Gasteiger charge is 2.18. The predicted molar refractivity (Wildman–Crippen MR) is 139 cm³/mol. The predicted octanol–water partition coefficient (Wildman–Crippen LogP) is 4.14. The standard InChI is InChI=1S/C27H31N3O3S/c1-3-30(4-2)34(32,33)26-15-13-25(14-16-26)28-27(31)23-11-9-21(10-12-23)19-29-18-17-22-7-5-6-8-24(22)20-29/h5-16H,3-4,17-20H2,1-2H3,(H,32,33). The molecule has 0 saturated carbocycles. The number of nitrogens with zero attached hydrogens (tertiary/aromatic N) is 3. The molecule has 0 radical (unpaired) electrons. The molecule has 1 N–H and O–H groups in total. The molecule has 6 nitrogen and oxygen atoms in total. The minimum atomic E-state index is -3.28. The summed E-state index contributed by atoms with van der Waals surface area (Å²) in [7, 11) is -3.28. The highest BCUT2D eigenvalue weighted by atomic mass is 32.2. The molecule has 0 aromatic heterocycles. The Morgan fingerprint density at radius 1 is 1.00 bits per heavy atom. The number of fused-ring (bicyclic) bond motifs is 1. The van der Waals surface area contributed by atoms with Crippen LogP contribution in [-0.4, -0.2) is 54.1 Å². The van der Waals surface area contributed by atoms with Gasteiger partial charge in [0, 0.05) is 38.3 Å². The second-order valence-corrected chi connectivity index (χ2v) is 10.4. The Bertz CT molecular complexity index is 1250. The number of amides is 1. The summed E-state index contributed by atoms with van der Waals surface area (Å²) < 4.78 is 24.7. The van der Waals surface area contributed by atoms with Crippen LogP contribution in [0.5, 0.6) is 0 Å². The Kier molecular flexibility index (Phi) is 7.58. The molecule has 4 rings (SSSR count). The fraction of sp³-hybridized carbons (Fsp3) is 0.296. The third-order valence-corrected chi connectivity index (χ3v) is 8.35. The van der Waals surface area contributed by atoms with Crippen molar-refractivity contribution in [2.45, 2.75) is 33.4 Å². The van der Waals surface area contributed by atoms with Gasteiger partial charge in [-0.25, -0.2) is 13.5 Å². The highest BCUT2D eigenvalue weighted by molar-refractivity contribution is 7.95. The lowest BCUT2D eigenvalue weighted by atomic mass is 9.99. The number of aliphatic imine (C=N–C) groups is 1. The lowest BCUT2D eigenvalue weighted by Gasteiger charge is -2.28. The summed E-state index contributed by atoms with van der Waals surface area (Å²) >= 11 is 0. The lowest BCUT2D eigenvalue weighted by Crippen LogP contribution is -2.34. The van der Waals surface area contributed by atoms with Gasteiger partial charge in [-0.2, -0.15) is 0 Å². The lowest BCUT2D eigenvalue weighted by molar-refractivity contribution is 0.100. The third kappa shape index (κ3) is 5.45. The van der Waals surface area contributed by atoms with Crippen LogP contribution in [0.2, 0.25) is 0 Å². The molecule has 1 aliphatic carbocycles. The maximum Gasteiger partial charge on any atom is 0.277 e. The van der Waals surface area contributed by atoms with E-state index in [1.807, 2.05) is 38.1 Å². The van der Waals surface area contributed by atoms with Gasteiger partial charge in [0.1, 0.15) is 0 Å². The van der Waals surface area contributed by atoms with E-state index < -0.39 is 9.99 Å². The summed E-state index contributed by atoms with van der Waals surface area (Å²) in [6, 6.07) is 16.2. The Hall–Kier alpha value is -2.84. The molecule has 0 saturated heterocycles. The SMILES string of the molecule is CCN(CC)S(=O)(O)=C1C=CC(=NC(=O)c2ccc(CN3CCc4ccccc4C3)cc2)C=C1. The number of benzene rings is 2. The molecule has 0 bridgehead atoms. The zero-order valence-electron chi connectivity index (χ0n) is 19.7. The van der Waals surface area contributed by atoms with Crippen LogP contribution in [0.1, 0.15) is 40.9 Å². The molecule has 0 fully saturated rings. The van der Waals surface area contributed by atoms with E-state index in [1.54, 1.807) is 24.3 Å². The number of allylic oxidation sites excluding steroid dienone is 4. The van der Waals surface area contributed by atoms with Gasteiger partial charge in [-0.05, 0) is 59.5 Å². The van der Waals surface area contributed by atoms with Crippen LogP contribution in [0.4, 0.5) is 0 Å². The Morgan fingerprint density at radius 3 is 2.29 bits per heavy atom. The van der Waals surface area contributed by atoms with E-state index in [2.05, 4.69) is 34.2 Å². The van der Waals surface area contributed by atoms with Gasteiger partial charge >= 0.3 is 0 Å². The van der Waals surface area contributed by atoms with Crippen molar-refractivity contribution in [1.82, 2.24) is 9.21 Å². The first-order valence-electron chi connectivity index (χ1n) is 11.7. The van der Waals surface area contributed by atoms with Crippen molar-refractivity contribution in [1.29, 1.82) is 0 Å². The molecule has 7 heteroatoms. The molecular weight excluding hydrogens is 446 g/mol. The summed E-state index contributed by atoms with van der Waals surface area (Å²) in [5, 5.41) is 0. The van der Waals surface area contributed by atoms with Gasteiger partial charge in [0.15, 0.2) is 9.99 Å². The fourth-order valence-corrected chi connectivity index (χ4v) is 5.79. The van der Waals surface area contributed by atoms with Crippen LogP contribution in [0.3, 0.4) is 0 Å². The molecule has 1 unspecified atom stereocenters. The van der Waals surface area contributed by atoms with E-state index in [-0.39, 0.29) is 5.91 Å². The normalized spacial score (nSPS) is 17.5. The van der Waals surface area contributed by atoms with Crippen LogP contribution < -0.4 is 0 Å². The van der Waals surface area contributed by atoms with E-state index >= 15 is 0 Å². The molecule has 2 aromatic rings. The second-order valence-electron chi connectivity index (χ2n) is 8.45. The highest BCUT2D eigenvalue weighted by Crippen LogP contribution is 2.20. The van der Waals surface area contributed by atoms with Crippen LogP contribution in [0, 0.1) is 0 Å². The molecule has 1 aliphatic heterocycles. The Labute approximate surface area is 202 Å². The smallest absolute Gasteiger partial charge is 0.277 e. The Morgan fingerprint density at radius 2 is 1.65 bits per heavy atom. The number of hydrogen-bond donors (Lipinski definition) is 1. The maximum atomic E-state index is 12.7. The van der Waals surface area contributed by atoms with E-state index in [4.69, 9.17) is 0 Å². The van der Waals surface area contributed by atoms with Gasteiger partial charge in [-0.3, -0.25) is 9.69 Å². The van der Waals surface area contributed by atoms with Crippen LogP contribution in [0.15, 0.2) is 77.8 Å². The zero-order valence-corrected chi connectivity index (χ0v) is 20.5. The molecule has 178 valence electrons. The van der Waals surface area contributed by atoms with Crippen molar-refractivity contribution in [2.24, 2.45) is 4.99 Å². The quantitative estimate of drug-likeness (QED) is 0.635. The van der Waals surface area contributed by atoms with Crippen molar-refractivity contribution in [3.05, 3.63) is 95.1 Å². The zero-order chi connectivity index (χ0) is 24.1. The van der Waals surface area contributed by atoms with Crippen LogP contribution in [0.25, 0.3) is 0 Å². The van der Waals surface area contributed by atoms with Gasteiger partial charge in [-0.15, -0.1) is 0 Å². The van der Waals surface area contributed by atoms with Gasteiger partial charge in [0.2, 0.25) is 0 Å². The van der Waals surface area contributed by atoms with Gasteiger partial charge in [0.25, 0.3) is 5.91 Å². The summed E-state index contributed by atoms with van der Waals surface area (Å²) in [5.41, 5.74) is 4.96. The number of rotatable bonds is 6. The van der Waals surface area contributed by atoms with Crippen LogP contribution in [-0.2, 0) is 29.5 Å². The number of hydrogen-bond acceptors (Lipinski definition) is 3. The molecular formula is C27H31N3O3S. The summed E-state index contributed by atoms with van der Waals surface area (Å²) in [4.78, 5) is 19.5. The molecule has 0 spiro atoms. The minimum Gasteiger partial charge on any atom is -0.302 e. The van der Waals surface area contributed by atoms with Crippen molar-refractivity contribution < 1.29 is 13.6 Å². The van der Waals surface area contributed by atoms with Crippen molar-refractivity contribution in [3.63, 3.8) is 0 Å². The molecule has 2 aliphatic rings. The average molecular weight is 478 g/mol. The van der Waals surface area contributed by atoms with Crippen molar-refractivity contribution in [3.8, 4) is 0 Å². The number of carbonyl (C=O) groups is 1. The van der Waals surface area contributed by atoms with Gasteiger partial charge < -0.3 is 4.55 Å². The van der Waals surface area contributed by atoms with Gasteiger partial charge in [-0.1, -0.05) is 50.2 Å². The number of carbonyl (C=O) groups excluding carboxylic acids is 1. The molecule has 2 aromatic carbocycles. The first-order chi connectivity index (χ1) is 16.4. The second kappa shape index (κ2) is 10.6. The maximum absolute atomic E-state index is 12.7. The average Bonchev–Trinajstić information content (AvgIpc) is 2.85. The van der Waals surface area contributed by atoms with E-state index in [9.17, 15) is 13.6 Å².